The Morgan fingerprint density at radius 3 is 2.45 bits per heavy atom. The number of hydrogen-bond donors (Lipinski definition) is 0. The Hall–Kier alpha value is -2.53. The quantitative estimate of drug-likeness (QED) is 0.357. The molecule has 0 fully saturated rings. The molecule has 0 aliphatic rings. The maximum atomic E-state index is 12.8. The molecule has 0 bridgehead atoms. The number of carbonyl (C=O) groups is 1. The van der Waals surface area contributed by atoms with Crippen LogP contribution in [-0.4, -0.2) is 29.3 Å². The van der Waals surface area contributed by atoms with E-state index in [0.29, 0.717) is 6.07 Å². The van der Waals surface area contributed by atoms with E-state index in [9.17, 15) is 36.9 Å². The first-order valence-corrected chi connectivity index (χ1v) is 5.34. The normalized spacial score (nSPS) is 11.4. The first-order valence-electron chi connectivity index (χ1n) is 5.34. The summed E-state index contributed by atoms with van der Waals surface area (Å²) in [5.41, 5.74) is -3.75. The van der Waals surface area contributed by atoms with Gasteiger partial charge in [0.2, 0.25) is 5.75 Å². The molecule has 0 N–H and O–H groups in total. The number of alkyl halides is 5. The van der Waals surface area contributed by atoms with Crippen LogP contribution in [-0.2, 0) is 16.0 Å². The fourth-order valence-corrected chi connectivity index (χ4v) is 1.43. The van der Waals surface area contributed by atoms with Crippen molar-refractivity contribution in [3.8, 4) is 5.75 Å². The predicted octanol–water partition coefficient (Wildman–Crippen LogP) is 2.54. The summed E-state index contributed by atoms with van der Waals surface area (Å²) in [5.74, 6) is -2.47. The fourth-order valence-electron chi connectivity index (χ4n) is 1.43. The smallest absolute Gasteiger partial charge is 0.469 e. The SMILES string of the molecule is COC(=O)Cc1cc(OC(F)(F)F)c([N+](=O)[O-])c(C(F)F)n1. The highest BCUT2D eigenvalue weighted by atomic mass is 19.4. The maximum Gasteiger partial charge on any atom is 0.573 e. The van der Waals surface area contributed by atoms with Crippen LogP contribution in [0.5, 0.6) is 5.75 Å². The van der Waals surface area contributed by atoms with E-state index in [0.717, 1.165) is 7.11 Å². The molecule has 12 heteroatoms. The summed E-state index contributed by atoms with van der Waals surface area (Å²) in [4.78, 5) is 23.4. The van der Waals surface area contributed by atoms with E-state index in [2.05, 4.69) is 14.5 Å². The van der Waals surface area contributed by atoms with Gasteiger partial charge in [-0.25, -0.2) is 13.8 Å². The zero-order chi connectivity index (χ0) is 17.1. The number of halogens is 5. The summed E-state index contributed by atoms with van der Waals surface area (Å²) in [7, 11) is 0.953. The zero-order valence-electron chi connectivity index (χ0n) is 10.7. The molecule has 0 atom stereocenters. The lowest BCUT2D eigenvalue weighted by molar-refractivity contribution is -0.390. The lowest BCUT2D eigenvalue weighted by Gasteiger charge is -2.12. The minimum Gasteiger partial charge on any atom is -0.469 e. The van der Waals surface area contributed by atoms with Gasteiger partial charge in [-0.3, -0.25) is 14.9 Å². The van der Waals surface area contributed by atoms with Gasteiger partial charge in [0.15, 0.2) is 5.69 Å². The number of hydrogen-bond acceptors (Lipinski definition) is 6. The van der Waals surface area contributed by atoms with Gasteiger partial charge < -0.3 is 9.47 Å². The van der Waals surface area contributed by atoms with Crippen LogP contribution in [0.1, 0.15) is 17.8 Å². The standard InChI is InChI=1S/C10H7F5N2O5/c1-21-6(18)3-4-2-5(22-10(13,14)15)8(17(19)20)7(16-4)9(11)12/h2,9H,3H2,1H3. The van der Waals surface area contributed by atoms with Gasteiger partial charge in [-0.05, 0) is 0 Å². The third kappa shape index (κ3) is 4.49. The van der Waals surface area contributed by atoms with Crippen LogP contribution >= 0.6 is 0 Å². The largest absolute Gasteiger partial charge is 0.573 e. The number of nitro groups is 1. The van der Waals surface area contributed by atoms with E-state index in [4.69, 9.17) is 0 Å². The third-order valence-corrected chi connectivity index (χ3v) is 2.21. The van der Waals surface area contributed by atoms with Crippen LogP contribution in [0.25, 0.3) is 0 Å². The molecule has 0 aromatic carbocycles. The van der Waals surface area contributed by atoms with Crippen molar-refractivity contribution in [1.82, 2.24) is 4.98 Å². The summed E-state index contributed by atoms with van der Waals surface area (Å²) >= 11 is 0. The Bertz CT molecular complexity index is 590. The lowest BCUT2D eigenvalue weighted by atomic mass is 10.2. The van der Waals surface area contributed by atoms with Crippen molar-refractivity contribution in [3.63, 3.8) is 0 Å². The molecule has 1 aromatic rings. The molecule has 0 aliphatic carbocycles. The van der Waals surface area contributed by atoms with Gasteiger partial charge in [-0.2, -0.15) is 0 Å². The van der Waals surface area contributed by atoms with Gasteiger partial charge in [0, 0.05) is 6.07 Å². The number of methoxy groups -OCH3 is 1. The molecule has 7 nitrogen and oxygen atoms in total. The van der Waals surface area contributed by atoms with Gasteiger partial charge >= 0.3 is 18.0 Å². The Labute approximate surface area is 118 Å². The lowest BCUT2D eigenvalue weighted by Crippen LogP contribution is -2.19. The Morgan fingerprint density at radius 1 is 1.45 bits per heavy atom. The number of ether oxygens (including phenoxy) is 2. The van der Waals surface area contributed by atoms with Gasteiger partial charge in [-0.1, -0.05) is 0 Å². The molecule has 0 saturated carbocycles. The highest BCUT2D eigenvalue weighted by Crippen LogP contribution is 2.38. The second-order valence-corrected chi connectivity index (χ2v) is 3.70. The Morgan fingerprint density at radius 2 is 2.05 bits per heavy atom. The number of esters is 1. The molecule has 0 spiro atoms. The Balaban J connectivity index is 3.47. The highest BCUT2D eigenvalue weighted by molar-refractivity contribution is 5.72. The van der Waals surface area contributed by atoms with Crippen molar-refractivity contribution in [2.75, 3.05) is 7.11 Å². The average molecular weight is 330 g/mol. The highest BCUT2D eigenvalue weighted by Gasteiger charge is 2.38. The second-order valence-electron chi connectivity index (χ2n) is 3.70. The molecule has 0 aliphatic heterocycles. The monoisotopic (exact) mass is 330 g/mol. The molecular weight excluding hydrogens is 323 g/mol. The number of carbonyl (C=O) groups excluding carboxylic acids is 1. The average Bonchev–Trinajstić information content (AvgIpc) is 2.35. The second kappa shape index (κ2) is 6.49. The van der Waals surface area contributed by atoms with Gasteiger partial charge in [-0.15, -0.1) is 13.2 Å². The third-order valence-electron chi connectivity index (χ3n) is 2.21. The van der Waals surface area contributed by atoms with Gasteiger partial charge in [0.25, 0.3) is 6.43 Å². The predicted molar refractivity (Wildman–Crippen MR) is 58.3 cm³/mol. The van der Waals surface area contributed by atoms with E-state index in [1.54, 1.807) is 0 Å². The van der Waals surface area contributed by atoms with Crippen LogP contribution in [0.4, 0.5) is 27.6 Å². The van der Waals surface area contributed by atoms with Crippen LogP contribution in [0.15, 0.2) is 6.07 Å². The first kappa shape index (κ1) is 17.5. The van der Waals surface area contributed by atoms with Crippen LogP contribution in [0, 0.1) is 10.1 Å². The molecule has 0 saturated heterocycles. The molecule has 1 rings (SSSR count). The molecule has 1 aromatic heterocycles. The van der Waals surface area contributed by atoms with Crippen LogP contribution < -0.4 is 4.74 Å². The molecule has 0 radical (unpaired) electrons. The van der Waals surface area contributed by atoms with Crippen molar-refractivity contribution in [1.29, 1.82) is 0 Å². The van der Waals surface area contributed by atoms with Crippen molar-refractivity contribution in [3.05, 3.63) is 27.6 Å². The maximum absolute atomic E-state index is 12.8. The van der Waals surface area contributed by atoms with E-state index >= 15 is 0 Å². The summed E-state index contributed by atoms with van der Waals surface area (Å²) < 4.78 is 69.8. The number of nitrogens with zero attached hydrogens (tertiary/aromatic N) is 2. The van der Waals surface area contributed by atoms with Crippen LogP contribution in [0.2, 0.25) is 0 Å². The minimum atomic E-state index is -5.35. The zero-order valence-corrected chi connectivity index (χ0v) is 10.7. The van der Waals surface area contributed by atoms with Crippen molar-refractivity contribution >= 4 is 11.7 Å². The topological polar surface area (TPSA) is 91.6 Å². The minimum absolute atomic E-state index is 0.383. The van der Waals surface area contributed by atoms with E-state index in [-0.39, 0.29) is 0 Å². The number of pyridine rings is 1. The fraction of sp³-hybridized carbons (Fsp3) is 0.400. The van der Waals surface area contributed by atoms with Gasteiger partial charge in [0.1, 0.15) is 0 Å². The molecular formula is C10H7F5N2O5. The van der Waals surface area contributed by atoms with Crippen molar-refractivity contribution in [2.45, 2.75) is 19.2 Å². The summed E-state index contributed by atoms with van der Waals surface area (Å²) in [5, 5.41) is 10.7. The van der Waals surface area contributed by atoms with Gasteiger partial charge in [0.05, 0.1) is 24.1 Å². The molecule has 0 amide bonds. The van der Waals surface area contributed by atoms with E-state index < -0.39 is 52.9 Å². The molecule has 0 unspecified atom stereocenters. The van der Waals surface area contributed by atoms with E-state index in [1.807, 2.05) is 0 Å². The summed E-state index contributed by atoms with van der Waals surface area (Å²) in [6, 6.07) is 0.383. The molecule has 122 valence electrons. The first-order chi connectivity index (χ1) is 10.0. The number of aromatic nitrogens is 1. The van der Waals surface area contributed by atoms with E-state index in [1.165, 1.54) is 0 Å². The van der Waals surface area contributed by atoms with Crippen molar-refractivity contribution in [2.24, 2.45) is 0 Å². The molecule has 1 heterocycles. The van der Waals surface area contributed by atoms with Crippen LogP contribution in [0.3, 0.4) is 0 Å². The summed E-state index contributed by atoms with van der Waals surface area (Å²) in [6.07, 6.45) is -9.66. The number of rotatable bonds is 5. The Kier molecular flexibility index (Phi) is 5.17. The summed E-state index contributed by atoms with van der Waals surface area (Å²) in [6.45, 7) is 0. The molecule has 22 heavy (non-hydrogen) atoms. The van der Waals surface area contributed by atoms with Crippen molar-refractivity contribution < 1.29 is 41.1 Å².